The van der Waals surface area contributed by atoms with Gasteiger partial charge in [0.05, 0.1) is 66.4 Å². The number of rotatable bonds is 16. The Hall–Kier alpha value is -3.89. The summed E-state index contributed by atoms with van der Waals surface area (Å²) in [7, 11) is 0. The first-order chi connectivity index (χ1) is 43.7. The first kappa shape index (κ1) is 77.1. The number of ether oxygens (including phenoxy) is 1. The number of nitrogens with two attached hydrogens (primary N) is 1. The summed E-state index contributed by atoms with van der Waals surface area (Å²) in [5.41, 5.74) is 12.4. The van der Waals surface area contributed by atoms with Crippen LogP contribution in [-0.2, 0) is 75.9 Å². The van der Waals surface area contributed by atoms with E-state index in [0.29, 0.717) is 57.8 Å². The van der Waals surface area contributed by atoms with E-state index in [-0.39, 0.29) is 66.4 Å². The van der Waals surface area contributed by atoms with Gasteiger partial charge in [-0.2, -0.15) is 39.6 Å². The topological polar surface area (TPSA) is 337 Å². The molecule has 6 atom stereocenters. The molecule has 6 fully saturated rings. The van der Waals surface area contributed by atoms with Crippen LogP contribution in [-0.4, -0.2) is 134 Å². The fourth-order valence-corrected chi connectivity index (χ4v) is 15.7. The molecular weight excluding hydrogens is 1640 g/mol. The van der Waals surface area contributed by atoms with Gasteiger partial charge < -0.3 is 36.6 Å². The lowest BCUT2D eigenvalue weighted by atomic mass is 9.92. The summed E-state index contributed by atoms with van der Waals surface area (Å²) in [6.45, 7) is 21.5. The standard InChI is InChI=1S/C17H28IN3O2.C12H15IN2O.C11H12IN3O2.C11H14IN3O.C6H12O.C5H11NO.2CO2/c1-6-12-14(7-2)21(20-15(12)18)10-13(11-8-9-11)19-16(22)23-17(3,4)5;1-7(16)11-10-5-4-9(8-2-3-8)6-15(10)14-12(11)13;1-5(16)8-9-11(17)13-7(6-2-3-6)4-15(9)14-10(8)12;1-6(16)10-9-4-13-8(7-2-3-7)5-15(9)14-11(10)12;1-5(4-7)6-2-3-6;6-5(3-7)4-1-2-4;2*2-1-3/h11,13H,6-10H2,1-5H3,(H,19,22);8-9H,2-6H2,1H3;6-7H,2-4H2,1H3,(H,13,17);7-8,13H,2-5H2,1H3;5-7H,2-4H2,1H3;4-5,7H,1-3,6H2;;. The molecule has 9 aliphatic rings. The van der Waals surface area contributed by atoms with Crippen molar-refractivity contribution in [2.75, 3.05) is 13.2 Å². The summed E-state index contributed by atoms with van der Waals surface area (Å²) in [5, 5.41) is 44.5. The molecule has 0 aromatic carbocycles. The molecule has 7 heterocycles. The van der Waals surface area contributed by atoms with Crippen LogP contribution in [0.3, 0.4) is 0 Å². The largest absolute Gasteiger partial charge is 0.444 e. The molecule has 508 valence electrons. The van der Waals surface area contributed by atoms with E-state index in [4.69, 9.17) is 45.0 Å². The van der Waals surface area contributed by atoms with Gasteiger partial charge in [0.25, 0.3) is 5.91 Å². The second kappa shape index (κ2) is 35.9. The van der Waals surface area contributed by atoms with Crippen molar-refractivity contribution in [3.8, 4) is 0 Å². The SMILES string of the molecule is CC(=O)c1c(I)nn2c1C(=O)NC(C1CC1)C2.CC(=O)c1c(I)nn2c1CCC(C1CC1)C2.CC(=O)c1c(I)nn2c1CNC(C1CC1)C2.CC(CO)C1CC1.CCc1c(I)nn(CC(NC(=O)OC(C)(C)C)C2CC2)c1CC.NC(CO)C1CC1.O=C=O.O=C=O. The molecule has 4 aromatic heterocycles. The van der Waals surface area contributed by atoms with Crippen molar-refractivity contribution in [1.29, 1.82) is 0 Å². The van der Waals surface area contributed by atoms with Crippen molar-refractivity contribution in [3.05, 3.63) is 59.8 Å². The van der Waals surface area contributed by atoms with Crippen molar-refractivity contribution in [1.82, 2.24) is 55.1 Å². The number of aliphatic hydroxyl groups excluding tert-OH is 2. The van der Waals surface area contributed by atoms with Crippen LogP contribution in [0.1, 0.15) is 210 Å². The highest BCUT2D eigenvalue weighted by Gasteiger charge is 2.41. The molecule has 0 spiro atoms. The van der Waals surface area contributed by atoms with Crippen LogP contribution in [0, 0.1) is 62.1 Å². The molecule has 0 radical (unpaired) electrons. The molecule has 4 aromatic rings. The van der Waals surface area contributed by atoms with Gasteiger partial charge in [-0.15, -0.1) is 0 Å². The molecule has 13 rings (SSSR count). The van der Waals surface area contributed by atoms with Crippen molar-refractivity contribution < 1.29 is 58.1 Å². The van der Waals surface area contributed by atoms with Gasteiger partial charge >= 0.3 is 18.4 Å². The Labute approximate surface area is 593 Å². The molecule has 7 N–H and O–H groups in total. The van der Waals surface area contributed by atoms with Gasteiger partial charge in [-0.05, 0) is 282 Å². The van der Waals surface area contributed by atoms with Crippen molar-refractivity contribution in [3.63, 3.8) is 0 Å². The van der Waals surface area contributed by atoms with E-state index >= 15 is 0 Å². The van der Waals surface area contributed by atoms with Gasteiger partial charge in [-0.1, -0.05) is 20.8 Å². The number of fused-ring (bicyclic) bond motifs is 3. The third-order valence-corrected chi connectivity index (χ3v) is 21.0. The average Bonchev–Trinajstić information content (AvgIpc) is 1.65. The van der Waals surface area contributed by atoms with Crippen LogP contribution in [0.2, 0.25) is 0 Å². The summed E-state index contributed by atoms with van der Waals surface area (Å²) < 4.78 is 16.7. The monoisotopic (exact) mass is 1730 g/mol. The van der Waals surface area contributed by atoms with Gasteiger partial charge in [0.15, 0.2) is 17.3 Å². The number of carbonyl (C=O) groups excluding carboxylic acids is 9. The number of alkyl carbamates (subject to hydrolysis) is 1. The third kappa shape index (κ3) is 22.9. The molecule has 6 unspecified atom stereocenters. The Balaban J connectivity index is 0.000000178. The fraction of sp³-hybridized carbons (Fsp3) is 0.703. The Bertz CT molecular complexity index is 3130. The highest BCUT2D eigenvalue weighted by molar-refractivity contribution is 14.1. The van der Waals surface area contributed by atoms with E-state index in [9.17, 15) is 24.0 Å². The zero-order valence-electron chi connectivity index (χ0n) is 54.3. The third-order valence-electron chi connectivity index (χ3n) is 17.9. The lowest BCUT2D eigenvalue weighted by Crippen LogP contribution is -2.46. The number of nitrogens with one attached hydrogen (secondary N) is 3. The number of ketones is 3. The molecule has 0 bridgehead atoms. The van der Waals surface area contributed by atoms with E-state index in [1.807, 2.05) is 48.0 Å². The van der Waals surface area contributed by atoms with Gasteiger partial charge in [0.2, 0.25) is 0 Å². The molecule has 0 saturated heterocycles. The molecule has 92 heavy (non-hydrogen) atoms. The Morgan fingerprint density at radius 2 is 1.13 bits per heavy atom. The lowest BCUT2D eigenvalue weighted by Gasteiger charge is -2.25. The molecule has 28 heteroatoms. The molecule has 6 aliphatic carbocycles. The number of aromatic nitrogens is 8. The first-order valence-electron chi connectivity index (χ1n) is 32.2. The minimum atomic E-state index is -0.469. The zero-order chi connectivity index (χ0) is 67.9. The Morgan fingerprint density at radius 3 is 1.58 bits per heavy atom. The van der Waals surface area contributed by atoms with E-state index in [0.717, 1.165) is 97.0 Å². The van der Waals surface area contributed by atoms with Crippen molar-refractivity contribution in [2.24, 2.45) is 53.1 Å². The molecule has 6 saturated carbocycles. The Kier molecular flexibility index (Phi) is 30.1. The van der Waals surface area contributed by atoms with Crippen LogP contribution < -0.4 is 21.7 Å². The normalized spacial score (nSPS) is 20.7. The predicted octanol–water partition coefficient (Wildman–Crippen LogP) is 8.94. The second-order valence-corrected chi connectivity index (χ2v) is 30.5. The van der Waals surface area contributed by atoms with Crippen LogP contribution in [0.4, 0.5) is 4.79 Å². The van der Waals surface area contributed by atoms with E-state index in [1.165, 1.54) is 107 Å². The van der Waals surface area contributed by atoms with Gasteiger partial charge in [-0.3, -0.25) is 37.9 Å². The van der Waals surface area contributed by atoms with E-state index in [1.54, 1.807) is 18.5 Å². The van der Waals surface area contributed by atoms with Crippen molar-refractivity contribution >= 4 is 132 Å². The van der Waals surface area contributed by atoms with E-state index in [2.05, 4.69) is 129 Å². The summed E-state index contributed by atoms with van der Waals surface area (Å²) >= 11 is 8.66. The second-order valence-electron chi connectivity index (χ2n) is 26.4. The van der Waals surface area contributed by atoms with Gasteiger partial charge in [0, 0.05) is 43.0 Å². The highest BCUT2D eigenvalue weighted by atomic mass is 127. The minimum Gasteiger partial charge on any atom is -0.444 e. The molecule has 3 aliphatic heterocycles. The summed E-state index contributed by atoms with van der Waals surface area (Å²) in [5.74, 6) is 5.82. The predicted molar refractivity (Wildman–Crippen MR) is 373 cm³/mol. The van der Waals surface area contributed by atoms with Crippen LogP contribution in [0.15, 0.2) is 0 Å². The van der Waals surface area contributed by atoms with Crippen LogP contribution in [0.25, 0.3) is 0 Å². The van der Waals surface area contributed by atoms with Gasteiger partial charge in [-0.25, -0.2) is 4.79 Å². The summed E-state index contributed by atoms with van der Waals surface area (Å²) in [6.07, 6.45) is 19.7. The zero-order valence-corrected chi connectivity index (χ0v) is 63.0. The highest BCUT2D eigenvalue weighted by Crippen LogP contribution is 2.43. The van der Waals surface area contributed by atoms with Crippen molar-refractivity contribution in [2.45, 2.75) is 228 Å². The molecule has 24 nitrogen and oxygen atoms in total. The molecule has 2 amide bonds. The molecular formula is C64H92I4N12O12. The number of hydrogen-bond acceptors (Lipinski definition) is 18. The van der Waals surface area contributed by atoms with Crippen LogP contribution >= 0.6 is 90.4 Å². The number of aliphatic hydroxyl groups is 2. The number of carbonyl (C=O) groups is 5. The smallest absolute Gasteiger partial charge is 0.407 e. The number of nitrogens with zero attached hydrogens (tertiary/aromatic N) is 8. The summed E-state index contributed by atoms with van der Waals surface area (Å²) in [4.78, 5) is 91.3. The van der Waals surface area contributed by atoms with E-state index < -0.39 is 5.60 Å². The quantitative estimate of drug-likeness (QED) is 0.0450. The fourth-order valence-electron chi connectivity index (χ4n) is 11.9. The minimum absolute atomic E-state index is 0.0694. The number of hydrogen-bond donors (Lipinski definition) is 6. The maximum absolute atomic E-state index is 12.1. The maximum atomic E-state index is 12.1. The lowest BCUT2D eigenvalue weighted by molar-refractivity contribution is -0.193. The first-order valence-corrected chi connectivity index (χ1v) is 36.5. The maximum Gasteiger partial charge on any atom is 0.407 e. The number of Topliss-reactive ketones (excluding diaryl/α,β-unsaturated/α-hetero) is 3. The summed E-state index contributed by atoms with van der Waals surface area (Å²) in [6, 6.07) is 0.907. The van der Waals surface area contributed by atoms with Crippen LogP contribution in [0.5, 0.6) is 0 Å². The Morgan fingerprint density at radius 1 is 0.641 bits per heavy atom. The van der Waals surface area contributed by atoms with Gasteiger partial charge in [0.1, 0.15) is 26.1 Å². The number of halogens is 4. The number of amides is 2. The average molecular weight is 1730 g/mol.